The number of ether oxygens (including phenoxy) is 1. The van der Waals surface area contributed by atoms with E-state index < -0.39 is 0 Å². The summed E-state index contributed by atoms with van der Waals surface area (Å²) in [5, 5.41) is 8.96. The minimum Gasteiger partial charge on any atom is -0.491 e. The molecule has 0 aliphatic heterocycles. The first-order chi connectivity index (χ1) is 13.8. The second-order valence-corrected chi connectivity index (χ2v) is 6.79. The molecule has 0 fully saturated rings. The van der Waals surface area contributed by atoms with Gasteiger partial charge < -0.3 is 9.84 Å². The molecular weight excluding hydrogens is 344 g/mol. The molecule has 28 heavy (non-hydrogen) atoms. The number of aliphatic hydroxyl groups is 1. The Morgan fingerprint density at radius 3 is 1.82 bits per heavy atom. The van der Waals surface area contributed by atoms with E-state index in [2.05, 4.69) is 79.7 Å². The Morgan fingerprint density at radius 1 is 0.750 bits per heavy atom. The summed E-state index contributed by atoms with van der Waals surface area (Å²) in [7, 11) is 0. The molecule has 0 unspecified atom stereocenters. The van der Waals surface area contributed by atoms with E-state index in [0.717, 1.165) is 25.0 Å². The first-order valence-corrected chi connectivity index (χ1v) is 10.0. The summed E-state index contributed by atoms with van der Waals surface area (Å²) >= 11 is 0. The fourth-order valence-electron chi connectivity index (χ4n) is 3.41. The number of hydrogen-bond acceptors (Lipinski definition) is 2. The second kappa shape index (κ2) is 10.5. The lowest BCUT2D eigenvalue weighted by Crippen LogP contribution is -2.01. The van der Waals surface area contributed by atoms with Crippen molar-refractivity contribution in [2.24, 2.45) is 0 Å². The number of rotatable bonds is 9. The molecule has 0 saturated heterocycles. The van der Waals surface area contributed by atoms with Crippen molar-refractivity contribution >= 4 is 11.1 Å². The maximum Gasteiger partial charge on any atom is 0.119 e. The Labute approximate surface area is 168 Å². The van der Waals surface area contributed by atoms with Crippen molar-refractivity contribution in [3.8, 4) is 5.75 Å². The highest BCUT2D eigenvalue weighted by atomic mass is 16.5. The number of benzene rings is 3. The number of allylic oxidation sites excluding steroid dienone is 1. The van der Waals surface area contributed by atoms with Crippen LogP contribution in [0.15, 0.2) is 84.9 Å². The van der Waals surface area contributed by atoms with Gasteiger partial charge >= 0.3 is 0 Å². The monoisotopic (exact) mass is 372 g/mol. The molecule has 0 amide bonds. The van der Waals surface area contributed by atoms with E-state index >= 15 is 0 Å². The van der Waals surface area contributed by atoms with Gasteiger partial charge in [0, 0.05) is 0 Å². The molecule has 0 spiro atoms. The summed E-state index contributed by atoms with van der Waals surface area (Å²) < 4.78 is 5.53. The number of unbranched alkanes of at least 4 members (excludes halogenated alkanes) is 1. The van der Waals surface area contributed by atoms with Gasteiger partial charge in [0.1, 0.15) is 12.4 Å². The van der Waals surface area contributed by atoms with Crippen LogP contribution < -0.4 is 4.74 Å². The van der Waals surface area contributed by atoms with Crippen LogP contribution in [0, 0.1) is 0 Å². The molecule has 0 aliphatic carbocycles. The van der Waals surface area contributed by atoms with Crippen molar-refractivity contribution in [3.05, 3.63) is 102 Å². The van der Waals surface area contributed by atoms with Crippen molar-refractivity contribution in [1.29, 1.82) is 0 Å². The molecule has 1 N–H and O–H groups in total. The fourth-order valence-corrected chi connectivity index (χ4v) is 3.41. The molecule has 0 aromatic heterocycles. The minimum absolute atomic E-state index is 0.0234. The average molecular weight is 373 g/mol. The predicted molar refractivity (Wildman–Crippen MR) is 117 cm³/mol. The second-order valence-electron chi connectivity index (χ2n) is 6.79. The van der Waals surface area contributed by atoms with Crippen LogP contribution in [0.1, 0.15) is 42.9 Å². The van der Waals surface area contributed by atoms with Crippen LogP contribution in [0.4, 0.5) is 0 Å². The van der Waals surface area contributed by atoms with Gasteiger partial charge in [-0.1, -0.05) is 86.1 Å². The third-order valence-corrected chi connectivity index (χ3v) is 4.77. The summed E-state index contributed by atoms with van der Waals surface area (Å²) in [5.74, 6) is 0.786. The van der Waals surface area contributed by atoms with Crippen LogP contribution in [-0.4, -0.2) is 18.3 Å². The maximum atomic E-state index is 8.96. The molecule has 0 radical (unpaired) electrons. The SMILES string of the molecule is CCCCC(=C(c1ccccc1)c1ccccc1)c1ccc(OCCO)cc1. The fraction of sp³-hybridized carbons (Fsp3) is 0.231. The molecule has 3 rings (SSSR count). The van der Waals surface area contributed by atoms with Gasteiger partial charge in [0.15, 0.2) is 0 Å². The quantitative estimate of drug-likeness (QED) is 0.453. The van der Waals surface area contributed by atoms with Crippen LogP contribution >= 0.6 is 0 Å². The molecule has 0 saturated carbocycles. The third kappa shape index (κ3) is 5.11. The molecule has 144 valence electrons. The largest absolute Gasteiger partial charge is 0.491 e. The Hall–Kier alpha value is -2.84. The molecule has 0 bridgehead atoms. The maximum absolute atomic E-state index is 8.96. The van der Waals surface area contributed by atoms with Gasteiger partial charge in [-0.3, -0.25) is 0 Å². The Morgan fingerprint density at radius 2 is 1.32 bits per heavy atom. The highest BCUT2D eigenvalue weighted by Crippen LogP contribution is 2.35. The van der Waals surface area contributed by atoms with Crippen LogP contribution in [-0.2, 0) is 0 Å². The lowest BCUT2D eigenvalue weighted by atomic mass is 9.87. The van der Waals surface area contributed by atoms with Crippen LogP contribution in [0.2, 0.25) is 0 Å². The van der Waals surface area contributed by atoms with E-state index in [-0.39, 0.29) is 6.61 Å². The van der Waals surface area contributed by atoms with Crippen LogP contribution in [0.5, 0.6) is 5.75 Å². The van der Waals surface area contributed by atoms with Gasteiger partial charge in [-0.05, 0) is 52.8 Å². The normalized spacial score (nSPS) is 10.5. The van der Waals surface area contributed by atoms with Gasteiger partial charge in [0.2, 0.25) is 0 Å². The van der Waals surface area contributed by atoms with E-state index in [4.69, 9.17) is 9.84 Å². The molecule has 3 aromatic rings. The lowest BCUT2D eigenvalue weighted by molar-refractivity contribution is 0.201. The van der Waals surface area contributed by atoms with E-state index in [1.54, 1.807) is 0 Å². The summed E-state index contributed by atoms with van der Waals surface area (Å²) in [4.78, 5) is 0. The van der Waals surface area contributed by atoms with Gasteiger partial charge in [-0.25, -0.2) is 0 Å². The zero-order valence-electron chi connectivity index (χ0n) is 16.5. The zero-order valence-corrected chi connectivity index (χ0v) is 16.5. The molecular formula is C26H28O2. The Kier molecular flexibility index (Phi) is 7.45. The van der Waals surface area contributed by atoms with Crippen molar-refractivity contribution in [3.63, 3.8) is 0 Å². The molecule has 2 heteroatoms. The van der Waals surface area contributed by atoms with E-state index in [1.165, 1.54) is 27.8 Å². The summed E-state index contributed by atoms with van der Waals surface area (Å²) in [5.41, 5.74) is 6.33. The molecule has 2 nitrogen and oxygen atoms in total. The highest BCUT2D eigenvalue weighted by Gasteiger charge is 2.14. The standard InChI is InChI=1S/C26H28O2/c1-2-3-14-25(21-15-17-24(18-16-21)28-20-19-27)26(22-10-6-4-7-11-22)23-12-8-5-9-13-23/h4-13,15-18,27H,2-3,14,19-20H2,1H3. The van der Waals surface area contributed by atoms with Crippen molar-refractivity contribution < 1.29 is 9.84 Å². The van der Waals surface area contributed by atoms with Gasteiger partial charge in [-0.2, -0.15) is 0 Å². The van der Waals surface area contributed by atoms with E-state index in [9.17, 15) is 0 Å². The Balaban J connectivity index is 2.12. The molecule has 0 aliphatic rings. The third-order valence-electron chi connectivity index (χ3n) is 4.77. The minimum atomic E-state index is 0.0234. The highest BCUT2D eigenvalue weighted by molar-refractivity contribution is 5.98. The first kappa shape index (κ1) is 19.9. The topological polar surface area (TPSA) is 29.5 Å². The Bertz CT molecular complexity index is 824. The van der Waals surface area contributed by atoms with Crippen LogP contribution in [0.3, 0.4) is 0 Å². The van der Waals surface area contributed by atoms with Gasteiger partial charge in [0.25, 0.3) is 0 Å². The van der Waals surface area contributed by atoms with Crippen molar-refractivity contribution in [1.82, 2.24) is 0 Å². The smallest absolute Gasteiger partial charge is 0.119 e. The first-order valence-electron chi connectivity index (χ1n) is 10.0. The summed E-state index contributed by atoms with van der Waals surface area (Å²) in [6.45, 7) is 2.57. The lowest BCUT2D eigenvalue weighted by Gasteiger charge is -2.18. The summed E-state index contributed by atoms with van der Waals surface area (Å²) in [6, 6.07) is 29.5. The molecule has 0 heterocycles. The predicted octanol–water partition coefficient (Wildman–Crippen LogP) is 6.21. The van der Waals surface area contributed by atoms with Crippen molar-refractivity contribution in [2.45, 2.75) is 26.2 Å². The zero-order chi connectivity index (χ0) is 19.6. The number of aliphatic hydroxyl groups excluding tert-OH is 1. The average Bonchev–Trinajstić information content (AvgIpc) is 2.77. The number of hydrogen-bond donors (Lipinski definition) is 1. The van der Waals surface area contributed by atoms with E-state index in [1.807, 2.05) is 12.1 Å². The summed E-state index contributed by atoms with van der Waals surface area (Å²) in [6.07, 6.45) is 3.31. The van der Waals surface area contributed by atoms with Crippen molar-refractivity contribution in [2.75, 3.05) is 13.2 Å². The molecule has 3 aromatic carbocycles. The van der Waals surface area contributed by atoms with E-state index in [0.29, 0.717) is 6.61 Å². The molecule has 0 atom stereocenters. The van der Waals surface area contributed by atoms with Crippen LogP contribution in [0.25, 0.3) is 11.1 Å². The van der Waals surface area contributed by atoms with Gasteiger partial charge in [0.05, 0.1) is 6.61 Å². The van der Waals surface area contributed by atoms with Gasteiger partial charge in [-0.15, -0.1) is 0 Å².